The van der Waals surface area contributed by atoms with Gasteiger partial charge in [-0.3, -0.25) is 4.79 Å². The Morgan fingerprint density at radius 1 is 1.33 bits per heavy atom. The molecular weight excluding hydrogens is 309 g/mol. The van der Waals surface area contributed by atoms with Gasteiger partial charge >= 0.3 is 0 Å². The van der Waals surface area contributed by atoms with Crippen molar-refractivity contribution >= 4 is 30.7 Å². The van der Waals surface area contributed by atoms with E-state index in [4.69, 9.17) is 5.73 Å². The summed E-state index contributed by atoms with van der Waals surface area (Å²) in [5.41, 5.74) is 7.98. The molecule has 0 bridgehead atoms. The molecule has 0 saturated heterocycles. The van der Waals surface area contributed by atoms with Gasteiger partial charge in [0.05, 0.1) is 0 Å². The zero-order valence-corrected chi connectivity index (χ0v) is 14.6. The number of rotatable bonds is 7. The summed E-state index contributed by atoms with van der Waals surface area (Å²) in [5.74, 6) is 0.00563. The predicted molar refractivity (Wildman–Crippen MR) is 93.1 cm³/mol. The molecule has 0 radical (unpaired) electrons. The quantitative estimate of drug-likeness (QED) is 0.803. The van der Waals surface area contributed by atoms with Crippen LogP contribution in [0.2, 0.25) is 0 Å². The molecule has 3 N–H and O–H groups in total. The Labute approximate surface area is 140 Å². The SMILES string of the molecule is CCN(C)Cc1cccc(CNC(=O)CC(C)N)c1.Cl.Cl. The highest BCUT2D eigenvalue weighted by Crippen LogP contribution is 2.07. The first-order valence-corrected chi connectivity index (χ1v) is 6.80. The van der Waals surface area contributed by atoms with Crippen molar-refractivity contribution in [3.05, 3.63) is 35.4 Å². The summed E-state index contributed by atoms with van der Waals surface area (Å²) in [7, 11) is 2.09. The lowest BCUT2D eigenvalue weighted by molar-refractivity contribution is -0.121. The van der Waals surface area contributed by atoms with E-state index in [1.54, 1.807) is 0 Å². The van der Waals surface area contributed by atoms with Crippen molar-refractivity contribution in [1.82, 2.24) is 10.2 Å². The molecule has 0 aliphatic heterocycles. The lowest BCUT2D eigenvalue weighted by atomic mass is 10.1. The molecule has 0 heterocycles. The average Bonchev–Trinajstić information content (AvgIpc) is 2.36. The van der Waals surface area contributed by atoms with E-state index in [9.17, 15) is 4.79 Å². The van der Waals surface area contributed by atoms with Crippen LogP contribution < -0.4 is 11.1 Å². The van der Waals surface area contributed by atoms with Gasteiger partial charge in [0.15, 0.2) is 0 Å². The van der Waals surface area contributed by atoms with Crippen LogP contribution >= 0.6 is 24.8 Å². The van der Waals surface area contributed by atoms with Crippen molar-refractivity contribution in [2.45, 2.75) is 39.4 Å². The monoisotopic (exact) mass is 335 g/mol. The topological polar surface area (TPSA) is 58.4 Å². The Morgan fingerprint density at radius 3 is 2.52 bits per heavy atom. The van der Waals surface area contributed by atoms with Crippen LogP contribution in [0.15, 0.2) is 24.3 Å². The van der Waals surface area contributed by atoms with Crippen molar-refractivity contribution in [3.8, 4) is 0 Å². The van der Waals surface area contributed by atoms with Gasteiger partial charge in [-0.2, -0.15) is 0 Å². The van der Waals surface area contributed by atoms with Crippen LogP contribution in [0.4, 0.5) is 0 Å². The van der Waals surface area contributed by atoms with Gasteiger partial charge in [0.2, 0.25) is 5.91 Å². The number of amides is 1. The van der Waals surface area contributed by atoms with Crippen LogP contribution in [-0.2, 0) is 17.9 Å². The maximum absolute atomic E-state index is 11.5. The molecule has 6 heteroatoms. The summed E-state index contributed by atoms with van der Waals surface area (Å²) in [6.07, 6.45) is 0.373. The molecule has 1 amide bonds. The van der Waals surface area contributed by atoms with E-state index in [2.05, 4.69) is 36.3 Å². The van der Waals surface area contributed by atoms with E-state index in [-0.39, 0.29) is 36.8 Å². The van der Waals surface area contributed by atoms with Gasteiger partial charge in [-0.05, 0) is 31.6 Å². The number of carbonyl (C=O) groups is 1. The number of hydrogen-bond acceptors (Lipinski definition) is 3. The predicted octanol–water partition coefficient (Wildman–Crippen LogP) is 2.34. The van der Waals surface area contributed by atoms with Crippen molar-refractivity contribution < 1.29 is 4.79 Å². The third-order valence-corrected chi connectivity index (χ3v) is 2.98. The number of hydrogen-bond donors (Lipinski definition) is 2. The Kier molecular flexibility index (Phi) is 12.6. The van der Waals surface area contributed by atoms with E-state index < -0.39 is 0 Å². The third-order valence-electron chi connectivity index (χ3n) is 2.98. The molecule has 0 fully saturated rings. The molecule has 0 saturated carbocycles. The van der Waals surface area contributed by atoms with Gasteiger partial charge in [0, 0.05) is 25.6 Å². The molecule has 122 valence electrons. The summed E-state index contributed by atoms with van der Waals surface area (Å²) in [5, 5.41) is 2.89. The zero-order valence-electron chi connectivity index (χ0n) is 13.0. The average molecular weight is 336 g/mol. The van der Waals surface area contributed by atoms with Crippen LogP contribution in [0.25, 0.3) is 0 Å². The standard InChI is InChI=1S/C15H25N3O.2ClH/c1-4-18(3)11-14-7-5-6-13(9-14)10-17-15(19)8-12(2)16;;/h5-7,9,12H,4,8,10-11,16H2,1-3H3,(H,17,19);2*1H. The smallest absolute Gasteiger partial charge is 0.221 e. The minimum absolute atomic E-state index is 0. The molecule has 1 atom stereocenters. The summed E-state index contributed by atoms with van der Waals surface area (Å²) in [4.78, 5) is 13.8. The van der Waals surface area contributed by atoms with Gasteiger partial charge < -0.3 is 16.0 Å². The first-order valence-electron chi connectivity index (χ1n) is 6.80. The highest BCUT2D eigenvalue weighted by molar-refractivity contribution is 5.85. The molecule has 1 aromatic rings. The fourth-order valence-electron chi connectivity index (χ4n) is 1.83. The number of nitrogens with zero attached hydrogens (tertiary/aromatic N) is 1. The van der Waals surface area contributed by atoms with Gasteiger partial charge in [0.1, 0.15) is 0 Å². The lowest BCUT2D eigenvalue weighted by Crippen LogP contribution is -2.29. The lowest BCUT2D eigenvalue weighted by Gasteiger charge is -2.14. The molecule has 0 aliphatic rings. The van der Waals surface area contributed by atoms with Crippen molar-refractivity contribution in [3.63, 3.8) is 0 Å². The summed E-state index contributed by atoms with van der Waals surface area (Å²) in [6.45, 7) is 6.49. The highest BCUT2D eigenvalue weighted by Gasteiger charge is 2.05. The highest BCUT2D eigenvalue weighted by atomic mass is 35.5. The molecule has 21 heavy (non-hydrogen) atoms. The van der Waals surface area contributed by atoms with E-state index in [0.29, 0.717) is 13.0 Å². The molecule has 1 unspecified atom stereocenters. The van der Waals surface area contributed by atoms with Gasteiger partial charge in [0.25, 0.3) is 0 Å². The summed E-state index contributed by atoms with van der Waals surface area (Å²) >= 11 is 0. The van der Waals surface area contributed by atoms with Crippen LogP contribution in [0, 0.1) is 0 Å². The third kappa shape index (κ3) is 9.69. The summed E-state index contributed by atoms with van der Waals surface area (Å²) < 4.78 is 0. The Bertz CT molecular complexity index is 414. The number of benzene rings is 1. The Balaban J connectivity index is 0. The van der Waals surface area contributed by atoms with Crippen LogP contribution in [-0.4, -0.2) is 30.4 Å². The van der Waals surface area contributed by atoms with Crippen molar-refractivity contribution in [1.29, 1.82) is 0 Å². The maximum atomic E-state index is 11.5. The number of halogens is 2. The largest absolute Gasteiger partial charge is 0.352 e. The number of carbonyl (C=O) groups excluding carboxylic acids is 1. The van der Waals surface area contributed by atoms with Crippen molar-refractivity contribution in [2.75, 3.05) is 13.6 Å². The normalized spacial score (nSPS) is 11.3. The molecular formula is C15H27Cl2N3O. The Morgan fingerprint density at radius 2 is 1.95 bits per heavy atom. The molecule has 0 aliphatic carbocycles. The van der Waals surface area contributed by atoms with Gasteiger partial charge in [-0.25, -0.2) is 0 Å². The molecule has 1 rings (SSSR count). The molecule has 0 spiro atoms. The fourth-order valence-corrected chi connectivity index (χ4v) is 1.83. The fraction of sp³-hybridized carbons (Fsp3) is 0.533. The van der Waals surface area contributed by atoms with E-state index in [0.717, 1.165) is 18.7 Å². The molecule has 4 nitrogen and oxygen atoms in total. The van der Waals surface area contributed by atoms with Gasteiger partial charge in [-0.15, -0.1) is 24.8 Å². The second-order valence-corrected chi connectivity index (χ2v) is 5.11. The van der Waals surface area contributed by atoms with Crippen molar-refractivity contribution in [2.24, 2.45) is 5.73 Å². The van der Waals surface area contributed by atoms with E-state index >= 15 is 0 Å². The van der Waals surface area contributed by atoms with Gasteiger partial charge in [-0.1, -0.05) is 31.2 Å². The number of nitrogens with two attached hydrogens (primary N) is 1. The molecule has 1 aromatic carbocycles. The van der Waals surface area contributed by atoms with Crippen LogP contribution in [0.3, 0.4) is 0 Å². The first kappa shape index (κ1) is 22.5. The van der Waals surface area contributed by atoms with E-state index in [1.807, 2.05) is 19.1 Å². The van der Waals surface area contributed by atoms with Crippen LogP contribution in [0.1, 0.15) is 31.4 Å². The van der Waals surface area contributed by atoms with E-state index in [1.165, 1.54) is 5.56 Å². The molecule has 0 aromatic heterocycles. The summed E-state index contributed by atoms with van der Waals surface area (Å²) in [6, 6.07) is 8.22. The minimum atomic E-state index is -0.0930. The first-order chi connectivity index (χ1) is 9.01. The van der Waals surface area contributed by atoms with Crippen LogP contribution in [0.5, 0.6) is 0 Å². The second-order valence-electron chi connectivity index (χ2n) is 5.11. The zero-order chi connectivity index (χ0) is 14.3. The Hall–Kier alpha value is -0.810. The minimum Gasteiger partial charge on any atom is -0.352 e. The maximum Gasteiger partial charge on any atom is 0.221 e. The second kappa shape index (κ2) is 11.8. The number of nitrogens with one attached hydrogen (secondary N) is 1.